The zero-order chi connectivity index (χ0) is 22.7. The summed E-state index contributed by atoms with van der Waals surface area (Å²) in [6.45, 7) is 1.90. The number of amides is 2. The second-order valence-corrected chi connectivity index (χ2v) is 9.74. The van der Waals surface area contributed by atoms with Crippen LogP contribution >= 0.6 is 11.3 Å². The molecule has 2 amide bonds. The van der Waals surface area contributed by atoms with Crippen LogP contribution in [0.1, 0.15) is 36.4 Å². The Morgan fingerprint density at radius 3 is 2.64 bits per heavy atom. The average molecular weight is 458 g/mol. The Morgan fingerprint density at radius 2 is 1.82 bits per heavy atom. The number of hydrogen-bond donors (Lipinski definition) is 2. The minimum Gasteiger partial charge on any atom is -0.348 e. The summed E-state index contributed by atoms with van der Waals surface area (Å²) in [5.74, 6) is -0.805. The first-order valence-electron chi connectivity index (χ1n) is 10.8. The fraction of sp³-hybridized carbons (Fsp3) is 0.192. The molecule has 1 aliphatic carbocycles. The van der Waals surface area contributed by atoms with Gasteiger partial charge in [0.1, 0.15) is 5.82 Å². The molecule has 0 spiro atoms. The van der Waals surface area contributed by atoms with Gasteiger partial charge in [-0.2, -0.15) is 0 Å². The number of thiazole rings is 1. The van der Waals surface area contributed by atoms with Crippen molar-refractivity contribution in [1.29, 1.82) is 0 Å². The third-order valence-corrected chi connectivity index (χ3v) is 7.70. The van der Waals surface area contributed by atoms with E-state index in [0.29, 0.717) is 22.6 Å². The fourth-order valence-corrected chi connectivity index (χ4v) is 5.91. The SMILES string of the molecule is C[C@]1(C(=O)Nc2nc(-c3ccc(F)c4ccccc34)cs2)C[C@@H]2C(=O)NC1c1ccccc12. The quantitative estimate of drug-likeness (QED) is 0.432. The van der Waals surface area contributed by atoms with Crippen LogP contribution in [0.4, 0.5) is 9.52 Å². The van der Waals surface area contributed by atoms with Crippen LogP contribution in [0.15, 0.2) is 66.0 Å². The Kier molecular flexibility index (Phi) is 4.39. The van der Waals surface area contributed by atoms with Gasteiger partial charge in [-0.05, 0) is 42.0 Å². The summed E-state index contributed by atoms with van der Waals surface area (Å²) >= 11 is 1.33. The van der Waals surface area contributed by atoms with Crippen LogP contribution in [0.25, 0.3) is 22.0 Å². The number of aromatic nitrogens is 1. The summed E-state index contributed by atoms with van der Waals surface area (Å²) in [5.41, 5.74) is 2.72. The minimum atomic E-state index is -0.790. The van der Waals surface area contributed by atoms with E-state index in [2.05, 4.69) is 15.6 Å². The molecule has 7 rings (SSSR count). The lowest BCUT2D eigenvalue weighted by atomic mass is 9.61. The van der Waals surface area contributed by atoms with Crippen LogP contribution in [-0.2, 0) is 9.59 Å². The van der Waals surface area contributed by atoms with Gasteiger partial charge in [-0.1, -0.05) is 48.5 Å². The molecule has 1 unspecified atom stereocenters. The molecule has 7 heteroatoms. The first-order chi connectivity index (χ1) is 16.0. The lowest BCUT2D eigenvalue weighted by Gasteiger charge is -2.49. The molecule has 1 aromatic heterocycles. The number of rotatable bonds is 3. The molecule has 0 saturated carbocycles. The van der Waals surface area contributed by atoms with E-state index in [1.165, 1.54) is 17.4 Å². The lowest BCUT2D eigenvalue weighted by molar-refractivity contribution is -0.137. The second kappa shape index (κ2) is 7.22. The van der Waals surface area contributed by atoms with E-state index >= 15 is 0 Å². The van der Waals surface area contributed by atoms with Gasteiger partial charge in [0.05, 0.1) is 23.1 Å². The number of nitrogens with one attached hydrogen (secondary N) is 2. The molecule has 2 N–H and O–H groups in total. The smallest absolute Gasteiger partial charge is 0.234 e. The van der Waals surface area contributed by atoms with E-state index < -0.39 is 5.41 Å². The van der Waals surface area contributed by atoms with Crippen molar-refractivity contribution in [3.05, 3.63) is 83.0 Å². The van der Waals surface area contributed by atoms with Crippen LogP contribution in [0.2, 0.25) is 0 Å². The summed E-state index contributed by atoms with van der Waals surface area (Å²) in [4.78, 5) is 30.6. The maximum absolute atomic E-state index is 14.2. The zero-order valence-electron chi connectivity index (χ0n) is 17.8. The first-order valence-corrected chi connectivity index (χ1v) is 11.7. The maximum atomic E-state index is 14.2. The maximum Gasteiger partial charge on any atom is 0.234 e. The number of hydrogen-bond acceptors (Lipinski definition) is 4. The molecule has 1 fully saturated rings. The van der Waals surface area contributed by atoms with Gasteiger partial charge in [0.2, 0.25) is 11.8 Å². The van der Waals surface area contributed by atoms with Crippen molar-refractivity contribution >= 4 is 39.1 Å². The molecule has 5 nitrogen and oxygen atoms in total. The third-order valence-electron chi connectivity index (χ3n) is 6.94. The van der Waals surface area contributed by atoms with Crippen molar-refractivity contribution in [3.63, 3.8) is 0 Å². The third kappa shape index (κ3) is 2.99. The Morgan fingerprint density at radius 1 is 1.09 bits per heavy atom. The number of anilines is 1. The number of fused-ring (bicyclic) bond motifs is 3. The highest BCUT2D eigenvalue weighted by Gasteiger charge is 2.55. The Labute approximate surface area is 193 Å². The highest BCUT2D eigenvalue weighted by atomic mass is 32.1. The highest BCUT2D eigenvalue weighted by molar-refractivity contribution is 7.14. The summed E-state index contributed by atoms with van der Waals surface area (Å²) in [5, 5.41) is 9.66. The van der Waals surface area contributed by atoms with Crippen molar-refractivity contribution < 1.29 is 14.0 Å². The van der Waals surface area contributed by atoms with E-state index in [0.717, 1.165) is 22.1 Å². The number of halogens is 1. The Hall–Kier alpha value is -3.58. The molecule has 164 valence electrons. The molecular weight excluding hydrogens is 437 g/mol. The molecule has 0 radical (unpaired) electrons. The van der Waals surface area contributed by atoms with Crippen LogP contribution in [-0.4, -0.2) is 16.8 Å². The van der Waals surface area contributed by atoms with E-state index in [1.807, 2.05) is 48.7 Å². The van der Waals surface area contributed by atoms with Crippen LogP contribution in [0.3, 0.4) is 0 Å². The molecule has 3 heterocycles. The number of piperidine rings is 1. The predicted molar refractivity (Wildman–Crippen MR) is 126 cm³/mol. The van der Waals surface area contributed by atoms with Crippen molar-refractivity contribution in [2.75, 3.05) is 5.32 Å². The average Bonchev–Trinajstić information content (AvgIpc) is 3.29. The Balaban J connectivity index is 1.30. The lowest BCUT2D eigenvalue weighted by Crippen LogP contribution is -2.57. The van der Waals surface area contributed by atoms with Crippen molar-refractivity contribution in [1.82, 2.24) is 10.3 Å². The van der Waals surface area contributed by atoms with E-state index in [1.54, 1.807) is 18.2 Å². The predicted octanol–water partition coefficient (Wildman–Crippen LogP) is 5.41. The highest BCUT2D eigenvalue weighted by Crippen LogP contribution is 2.53. The van der Waals surface area contributed by atoms with E-state index in [-0.39, 0.29) is 29.6 Å². The minimum absolute atomic E-state index is 0.0244. The first kappa shape index (κ1) is 20.1. The van der Waals surface area contributed by atoms with Crippen LogP contribution in [0.5, 0.6) is 0 Å². The van der Waals surface area contributed by atoms with Crippen molar-refractivity contribution in [2.45, 2.75) is 25.3 Å². The molecular formula is C26H20FN3O2S. The van der Waals surface area contributed by atoms with Gasteiger partial charge in [0.15, 0.2) is 5.13 Å². The molecule has 2 aliphatic heterocycles. The van der Waals surface area contributed by atoms with Crippen LogP contribution in [0, 0.1) is 11.2 Å². The second-order valence-electron chi connectivity index (χ2n) is 8.88. The van der Waals surface area contributed by atoms with Gasteiger partial charge in [-0.15, -0.1) is 11.3 Å². The summed E-state index contributed by atoms with van der Waals surface area (Å²) in [7, 11) is 0. The largest absolute Gasteiger partial charge is 0.348 e. The molecule has 4 aromatic rings. The zero-order valence-corrected chi connectivity index (χ0v) is 18.6. The van der Waals surface area contributed by atoms with E-state index in [4.69, 9.17) is 0 Å². The molecule has 3 aliphatic rings. The van der Waals surface area contributed by atoms with E-state index in [9.17, 15) is 14.0 Å². The standard InChI is InChI=1S/C26H20FN3O2S/c1-26(12-19-15-7-3-5-9-18(15)22(26)29-23(19)31)24(32)30-25-28-21(13-33-25)17-10-11-20(27)16-8-4-2-6-14(16)17/h2-11,13,19,22H,12H2,1H3,(H,29,31)(H,28,30,32)/t19-,22?,26-/m0/s1. The molecule has 1 saturated heterocycles. The molecule has 2 bridgehead atoms. The van der Waals surface area contributed by atoms with Gasteiger partial charge in [0.25, 0.3) is 0 Å². The summed E-state index contributed by atoms with van der Waals surface area (Å²) in [6.07, 6.45) is 0.452. The topological polar surface area (TPSA) is 71.1 Å². The van der Waals surface area contributed by atoms with Gasteiger partial charge >= 0.3 is 0 Å². The fourth-order valence-electron chi connectivity index (χ4n) is 5.20. The van der Waals surface area contributed by atoms with Gasteiger partial charge in [-0.25, -0.2) is 9.37 Å². The van der Waals surface area contributed by atoms with Gasteiger partial charge < -0.3 is 10.6 Å². The number of benzene rings is 3. The van der Waals surface area contributed by atoms with Crippen molar-refractivity contribution in [2.24, 2.45) is 5.41 Å². The van der Waals surface area contributed by atoms with Crippen molar-refractivity contribution in [3.8, 4) is 11.3 Å². The van der Waals surface area contributed by atoms with Gasteiger partial charge in [0, 0.05) is 16.3 Å². The summed E-state index contributed by atoms with van der Waals surface area (Å²) < 4.78 is 14.2. The monoisotopic (exact) mass is 457 g/mol. The number of carbonyl (C=O) groups excluding carboxylic acids is 2. The summed E-state index contributed by atoms with van der Waals surface area (Å²) in [6, 6.07) is 17.9. The van der Waals surface area contributed by atoms with Gasteiger partial charge in [-0.3, -0.25) is 9.59 Å². The molecule has 3 atom stereocenters. The van der Waals surface area contributed by atoms with Crippen LogP contribution < -0.4 is 10.6 Å². The number of carbonyl (C=O) groups is 2. The molecule has 33 heavy (non-hydrogen) atoms. The normalized spacial score (nSPS) is 23.3. The number of nitrogens with zero attached hydrogens (tertiary/aromatic N) is 1. The Bertz CT molecular complexity index is 1450. The molecule has 3 aromatic carbocycles.